The molecule has 0 aliphatic heterocycles. The van der Waals surface area contributed by atoms with Gasteiger partial charge in [0.25, 0.3) is 0 Å². The number of carbonyl (C=O) groups is 1. The zero-order chi connectivity index (χ0) is 17.4. The number of nitrogens with one attached hydrogen (secondary N) is 1. The summed E-state index contributed by atoms with van der Waals surface area (Å²) in [5.74, 6) is 1.57. The normalized spacial score (nSPS) is 26.1. The first kappa shape index (κ1) is 19.6. The standard InChI is InChI=1S/C20H37NO3/c1-20(2,3)24-19(22)21-18-11-9-17(10-12-18)15-23-14-13-16-7-5-4-6-8-16/h16-18H,4-15H2,1-3H3,(H,21,22). The first-order chi connectivity index (χ1) is 11.4. The molecule has 2 rings (SSSR count). The van der Waals surface area contributed by atoms with Crippen LogP contribution in [0.4, 0.5) is 4.79 Å². The minimum absolute atomic E-state index is 0.262. The van der Waals surface area contributed by atoms with Gasteiger partial charge in [-0.1, -0.05) is 32.1 Å². The van der Waals surface area contributed by atoms with Gasteiger partial charge >= 0.3 is 6.09 Å². The van der Waals surface area contributed by atoms with Gasteiger partial charge in [0.2, 0.25) is 0 Å². The molecule has 2 aliphatic rings. The average molecular weight is 340 g/mol. The van der Waals surface area contributed by atoms with Crippen molar-refractivity contribution in [3.05, 3.63) is 0 Å². The highest BCUT2D eigenvalue weighted by atomic mass is 16.6. The molecule has 1 amide bonds. The van der Waals surface area contributed by atoms with Gasteiger partial charge in [0.15, 0.2) is 0 Å². The number of carbonyl (C=O) groups excluding carboxylic acids is 1. The maximum atomic E-state index is 11.8. The highest BCUT2D eigenvalue weighted by molar-refractivity contribution is 5.68. The van der Waals surface area contributed by atoms with Crippen LogP contribution in [0.3, 0.4) is 0 Å². The van der Waals surface area contributed by atoms with E-state index in [0.29, 0.717) is 5.92 Å². The van der Waals surface area contributed by atoms with E-state index in [0.717, 1.165) is 44.8 Å². The van der Waals surface area contributed by atoms with Gasteiger partial charge in [-0.05, 0) is 64.7 Å². The van der Waals surface area contributed by atoms with Crippen molar-refractivity contribution in [2.45, 2.75) is 96.6 Å². The van der Waals surface area contributed by atoms with E-state index in [4.69, 9.17) is 9.47 Å². The smallest absolute Gasteiger partial charge is 0.407 e. The largest absolute Gasteiger partial charge is 0.444 e. The van der Waals surface area contributed by atoms with Crippen LogP contribution < -0.4 is 5.32 Å². The summed E-state index contributed by atoms with van der Waals surface area (Å²) in [6.07, 6.45) is 12.4. The second-order valence-corrected chi connectivity index (χ2v) is 8.73. The van der Waals surface area contributed by atoms with Gasteiger partial charge in [-0.2, -0.15) is 0 Å². The van der Waals surface area contributed by atoms with Crippen LogP contribution in [0, 0.1) is 11.8 Å². The molecule has 0 bridgehead atoms. The lowest BCUT2D eigenvalue weighted by Gasteiger charge is -2.30. The third-order valence-electron chi connectivity index (χ3n) is 5.32. The van der Waals surface area contributed by atoms with Gasteiger partial charge in [0.05, 0.1) is 0 Å². The number of hydrogen-bond donors (Lipinski definition) is 1. The van der Waals surface area contributed by atoms with Crippen LogP contribution in [0.25, 0.3) is 0 Å². The number of rotatable bonds is 6. The van der Waals surface area contributed by atoms with E-state index in [1.165, 1.54) is 38.5 Å². The van der Waals surface area contributed by atoms with Gasteiger partial charge in [0, 0.05) is 19.3 Å². The van der Waals surface area contributed by atoms with Crippen LogP contribution >= 0.6 is 0 Å². The summed E-state index contributed by atoms with van der Waals surface area (Å²) in [5.41, 5.74) is -0.423. The molecule has 4 nitrogen and oxygen atoms in total. The Hall–Kier alpha value is -0.770. The van der Waals surface area contributed by atoms with Crippen molar-refractivity contribution in [1.29, 1.82) is 0 Å². The zero-order valence-electron chi connectivity index (χ0n) is 15.9. The Labute approximate surface area is 148 Å². The summed E-state index contributed by atoms with van der Waals surface area (Å²) >= 11 is 0. The van der Waals surface area contributed by atoms with E-state index in [9.17, 15) is 4.79 Å². The van der Waals surface area contributed by atoms with Gasteiger partial charge in [-0.15, -0.1) is 0 Å². The fraction of sp³-hybridized carbons (Fsp3) is 0.950. The van der Waals surface area contributed by atoms with E-state index in [1.807, 2.05) is 20.8 Å². The van der Waals surface area contributed by atoms with Crippen LogP contribution in [-0.4, -0.2) is 30.9 Å². The Balaban J connectivity index is 1.52. The third-order valence-corrected chi connectivity index (χ3v) is 5.32. The van der Waals surface area contributed by atoms with Crippen molar-refractivity contribution in [2.24, 2.45) is 11.8 Å². The maximum absolute atomic E-state index is 11.8. The van der Waals surface area contributed by atoms with Crippen LogP contribution in [0.5, 0.6) is 0 Å². The van der Waals surface area contributed by atoms with Crippen molar-refractivity contribution < 1.29 is 14.3 Å². The van der Waals surface area contributed by atoms with Crippen molar-refractivity contribution in [3.8, 4) is 0 Å². The van der Waals surface area contributed by atoms with E-state index in [2.05, 4.69) is 5.32 Å². The Kier molecular flexibility index (Phi) is 7.86. The summed E-state index contributed by atoms with van der Waals surface area (Å²) in [5, 5.41) is 3.00. The summed E-state index contributed by atoms with van der Waals surface area (Å²) < 4.78 is 11.3. The molecule has 2 fully saturated rings. The molecular weight excluding hydrogens is 302 g/mol. The summed E-state index contributed by atoms with van der Waals surface area (Å²) in [7, 11) is 0. The quantitative estimate of drug-likeness (QED) is 0.688. The van der Waals surface area contributed by atoms with Gasteiger partial charge in [-0.25, -0.2) is 4.79 Å². The predicted molar refractivity (Wildman–Crippen MR) is 97.1 cm³/mol. The molecule has 0 aromatic carbocycles. The molecule has 2 aliphatic carbocycles. The molecule has 2 saturated carbocycles. The minimum atomic E-state index is -0.423. The number of alkyl carbamates (subject to hydrolysis) is 1. The van der Waals surface area contributed by atoms with Crippen LogP contribution in [0.2, 0.25) is 0 Å². The molecule has 1 N–H and O–H groups in total. The summed E-state index contributed by atoms with van der Waals surface area (Å²) in [6, 6.07) is 0.262. The monoisotopic (exact) mass is 339 g/mol. The van der Waals surface area contributed by atoms with Gasteiger partial charge < -0.3 is 14.8 Å². The van der Waals surface area contributed by atoms with Crippen LogP contribution in [0.1, 0.15) is 85.0 Å². The first-order valence-corrected chi connectivity index (χ1v) is 9.99. The lowest BCUT2D eigenvalue weighted by Crippen LogP contribution is -2.41. The van der Waals surface area contributed by atoms with Crippen molar-refractivity contribution in [3.63, 3.8) is 0 Å². The fourth-order valence-corrected chi connectivity index (χ4v) is 3.92. The van der Waals surface area contributed by atoms with Crippen LogP contribution in [0.15, 0.2) is 0 Å². The Bertz CT molecular complexity index is 364. The van der Waals surface area contributed by atoms with E-state index < -0.39 is 5.60 Å². The second kappa shape index (κ2) is 9.65. The molecule has 0 spiro atoms. The van der Waals surface area contributed by atoms with Crippen molar-refractivity contribution >= 4 is 6.09 Å². The SMILES string of the molecule is CC(C)(C)OC(=O)NC1CCC(COCCC2CCCCC2)CC1. The van der Waals surface area contributed by atoms with E-state index in [1.54, 1.807) is 0 Å². The first-order valence-electron chi connectivity index (χ1n) is 9.99. The molecule has 4 heteroatoms. The molecule has 24 heavy (non-hydrogen) atoms. The molecule has 0 radical (unpaired) electrons. The molecule has 0 aromatic heterocycles. The number of amides is 1. The Morgan fingerprint density at radius 2 is 1.62 bits per heavy atom. The lowest BCUT2D eigenvalue weighted by molar-refractivity contribution is 0.0454. The summed E-state index contributed by atoms with van der Waals surface area (Å²) in [6.45, 7) is 7.52. The number of ether oxygens (including phenoxy) is 2. The molecule has 0 atom stereocenters. The Morgan fingerprint density at radius 3 is 2.25 bits per heavy atom. The van der Waals surface area contributed by atoms with Gasteiger partial charge in [0.1, 0.15) is 5.60 Å². The fourth-order valence-electron chi connectivity index (χ4n) is 3.92. The maximum Gasteiger partial charge on any atom is 0.407 e. The highest BCUT2D eigenvalue weighted by Crippen LogP contribution is 2.27. The molecule has 0 saturated heterocycles. The van der Waals surface area contributed by atoms with Crippen molar-refractivity contribution in [1.82, 2.24) is 5.32 Å². The van der Waals surface area contributed by atoms with Gasteiger partial charge in [-0.3, -0.25) is 0 Å². The zero-order valence-corrected chi connectivity index (χ0v) is 15.9. The van der Waals surface area contributed by atoms with Crippen LogP contribution in [-0.2, 0) is 9.47 Å². The molecule has 0 unspecified atom stereocenters. The molecule has 0 aromatic rings. The van der Waals surface area contributed by atoms with E-state index >= 15 is 0 Å². The average Bonchev–Trinajstić information content (AvgIpc) is 2.52. The Morgan fingerprint density at radius 1 is 0.958 bits per heavy atom. The summed E-state index contributed by atoms with van der Waals surface area (Å²) in [4.78, 5) is 11.8. The lowest BCUT2D eigenvalue weighted by atomic mass is 9.86. The number of hydrogen-bond acceptors (Lipinski definition) is 3. The highest BCUT2D eigenvalue weighted by Gasteiger charge is 2.25. The molecule has 140 valence electrons. The minimum Gasteiger partial charge on any atom is -0.444 e. The van der Waals surface area contributed by atoms with E-state index in [-0.39, 0.29) is 12.1 Å². The predicted octanol–water partition coefficient (Wildman–Crippen LogP) is 5.06. The third kappa shape index (κ3) is 7.87. The van der Waals surface area contributed by atoms with Crippen molar-refractivity contribution in [2.75, 3.05) is 13.2 Å². The molecule has 0 heterocycles. The topological polar surface area (TPSA) is 47.6 Å². The second-order valence-electron chi connectivity index (χ2n) is 8.73. The molecular formula is C20H37NO3.